The van der Waals surface area contributed by atoms with Crippen LogP contribution in [0.4, 0.5) is 0 Å². The van der Waals surface area contributed by atoms with E-state index in [4.69, 9.17) is 11.6 Å². The van der Waals surface area contributed by atoms with Crippen molar-refractivity contribution >= 4 is 11.6 Å². The number of halogens is 1. The summed E-state index contributed by atoms with van der Waals surface area (Å²) in [5, 5.41) is 0.435. The molecular formula is C14H16ClN3. The quantitative estimate of drug-likeness (QED) is 0.828. The van der Waals surface area contributed by atoms with Gasteiger partial charge in [-0.2, -0.15) is 0 Å². The van der Waals surface area contributed by atoms with Gasteiger partial charge in [0.1, 0.15) is 5.15 Å². The Morgan fingerprint density at radius 2 is 1.83 bits per heavy atom. The molecule has 1 aromatic heterocycles. The number of aromatic nitrogens is 2. The molecule has 0 atom stereocenters. The Morgan fingerprint density at radius 3 is 2.44 bits per heavy atom. The van der Waals surface area contributed by atoms with Gasteiger partial charge in [-0.05, 0) is 12.1 Å². The zero-order chi connectivity index (χ0) is 12.8. The first kappa shape index (κ1) is 13.0. The van der Waals surface area contributed by atoms with Gasteiger partial charge >= 0.3 is 0 Å². The van der Waals surface area contributed by atoms with E-state index in [2.05, 4.69) is 46.1 Å². The molecule has 0 fully saturated rings. The third-order valence-electron chi connectivity index (χ3n) is 2.76. The van der Waals surface area contributed by atoms with E-state index in [0.717, 1.165) is 25.3 Å². The predicted molar refractivity (Wildman–Crippen MR) is 73.3 cm³/mol. The van der Waals surface area contributed by atoms with Crippen molar-refractivity contribution in [1.29, 1.82) is 0 Å². The number of nitrogens with zero attached hydrogens (tertiary/aromatic N) is 3. The molecule has 94 valence electrons. The molecule has 1 aromatic carbocycles. The van der Waals surface area contributed by atoms with Crippen molar-refractivity contribution in [2.75, 3.05) is 6.54 Å². The minimum atomic E-state index is 0.435. The van der Waals surface area contributed by atoms with Gasteiger partial charge in [0, 0.05) is 13.1 Å². The summed E-state index contributed by atoms with van der Waals surface area (Å²) in [4.78, 5) is 10.6. The van der Waals surface area contributed by atoms with Crippen LogP contribution in [0.25, 0.3) is 0 Å². The molecular weight excluding hydrogens is 246 g/mol. The van der Waals surface area contributed by atoms with E-state index in [-0.39, 0.29) is 0 Å². The molecule has 0 bridgehead atoms. The van der Waals surface area contributed by atoms with Crippen LogP contribution in [0, 0.1) is 0 Å². The molecule has 0 unspecified atom stereocenters. The average molecular weight is 262 g/mol. The van der Waals surface area contributed by atoms with Crippen LogP contribution >= 0.6 is 11.6 Å². The zero-order valence-corrected chi connectivity index (χ0v) is 11.1. The molecule has 18 heavy (non-hydrogen) atoms. The Balaban J connectivity index is 1.99. The smallest absolute Gasteiger partial charge is 0.147 e. The minimum absolute atomic E-state index is 0.435. The molecule has 0 saturated heterocycles. The minimum Gasteiger partial charge on any atom is -0.293 e. The molecule has 0 aliphatic carbocycles. The number of benzene rings is 1. The third kappa shape index (κ3) is 3.79. The van der Waals surface area contributed by atoms with Crippen molar-refractivity contribution in [1.82, 2.24) is 14.9 Å². The maximum atomic E-state index is 5.72. The van der Waals surface area contributed by atoms with Crippen molar-refractivity contribution in [2.24, 2.45) is 0 Å². The van der Waals surface area contributed by atoms with Crippen molar-refractivity contribution in [3.05, 3.63) is 59.1 Å². The largest absolute Gasteiger partial charge is 0.293 e. The first-order chi connectivity index (χ1) is 8.78. The van der Waals surface area contributed by atoms with Crippen LogP contribution < -0.4 is 0 Å². The first-order valence-corrected chi connectivity index (χ1v) is 6.38. The van der Waals surface area contributed by atoms with E-state index in [1.165, 1.54) is 5.56 Å². The van der Waals surface area contributed by atoms with Gasteiger partial charge in [-0.1, -0.05) is 48.9 Å². The highest BCUT2D eigenvalue weighted by molar-refractivity contribution is 6.29. The second kappa shape index (κ2) is 6.47. The maximum absolute atomic E-state index is 5.72. The summed E-state index contributed by atoms with van der Waals surface area (Å²) < 4.78 is 0. The van der Waals surface area contributed by atoms with E-state index in [0.29, 0.717) is 5.15 Å². The summed E-state index contributed by atoms with van der Waals surface area (Å²) in [5.41, 5.74) is 2.25. The lowest BCUT2D eigenvalue weighted by molar-refractivity contribution is 0.268. The van der Waals surface area contributed by atoms with Gasteiger partial charge in [-0.3, -0.25) is 9.88 Å². The van der Waals surface area contributed by atoms with E-state index < -0.39 is 0 Å². The lowest BCUT2D eigenvalue weighted by Crippen LogP contribution is -2.22. The maximum Gasteiger partial charge on any atom is 0.147 e. The number of hydrogen-bond acceptors (Lipinski definition) is 3. The third-order valence-corrected chi connectivity index (χ3v) is 2.95. The van der Waals surface area contributed by atoms with Gasteiger partial charge in [-0.25, -0.2) is 4.98 Å². The molecule has 0 amide bonds. The molecule has 1 heterocycles. The fraction of sp³-hybridized carbons (Fsp3) is 0.286. The summed E-state index contributed by atoms with van der Waals surface area (Å²) >= 11 is 5.72. The number of rotatable bonds is 5. The molecule has 4 heteroatoms. The molecule has 0 N–H and O–H groups in total. The van der Waals surface area contributed by atoms with Crippen molar-refractivity contribution < 1.29 is 0 Å². The van der Waals surface area contributed by atoms with Crippen LogP contribution in [-0.4, -0.2) is 21.4 Å². The highest BCUT2D eigenvalue weighted by atomic mass is 35.5. The van der Waals surface area contributed by atoms with Gasteiger partial charge in [0.15, 0.2) is 0 Å². The Morgan fingerprint density at radius 1 is 1.06 bits per heavy atom. The molecule has 0 saturated carbocycles. The lowest BCUT2D eigenvalue weighted by atomic mass is 10.2. The van der Waals surface area contributed by atoms with Crippen molar-refractivity contribution in [3.8, 4) is 0 Å². The summed E-state index contributed by atoms with van der Waals surface area (Å²) in [6, 6.07) is 10.4. The van der Waals surface area contributed by atoms with Crippen molar-refractivity contribution in [3.63, 3.8) is 0 Å². The molecule has 0 aliphatic heterocycles. The lowest BCUT2D eigenvalue weighted by Gasteiger charge is -2.19. The van der Waals surface area contributed by atoms with Crippen LogP contribution in [0.1, 0.15) is 18.2 Å². The summed E-state index contributed by atoms with van der Waals surface area (Å²) in [6.07, 6.45) is 3.32. The summed E-state index contributed by atoms with van der Waals surface area (Å²) in [5.74, 6) is 0. The monoisotopic (exact) mass is 261 g/mol. The van der Waals surface area contributed by atoms with Crippen LogP contribution in [0.5, 0.6) is 0 Å². The highest BCUT2D eigenvalue weighted by Crippen LogP contribution is 2.08. The fourth-order valence-electron chi connectivity index (χ4n) is 1.77. The van der Waals surface area contributed by atoms with Crippen LogP contribution in [-0.2, 0) is 13.1 Å². The van der Waals surface area contributed by atoms with Gasteiger partial charge in [0.25, 0.3) is 0 Å². The second-order valence-electron chi connectivity index (χ2n) is 4.12. The van der Waals surface area contributed by atoms with E-state index >= 15 is 0 Å². The zero-order valence-electron chi connectivity index (χ0n) is 10.4. The Labute approximate surface area is 112 Å². The number of hydrogen-bond donors (Lipinski definition) is 0. The van der Waals surface area contributed by atoms with Gasteiger partial charge in [0.2, 0.25) is 0 Å². The molecule has 0 radical (unpaired) electrons. The van der Waals surface area contributed by atoms with Gasteiger partial charge in [0.05, 0.1) is 18.1 Å². The first-order valence-electron chi connectivity index (χ1n) is 6.00. The van der Waals surface area contributed by atoms with Crippen molar-refractivity contribution in [2.45, 2.75) is 20.0 Å². The molecule has 3 nitrogen and oxygen atoms in total. The van der Waals surface area contributed by atoms with E-state index in [1.807, 2.05) is 6.07 Å². The second-order valence-corrected chi connectivity index (χ2v) is 4.51. The van der Waals surface area contributed by atoms with Crippen LogP contribution in [0.15, 0.2) is 42.7 Å². The fourth-order valence-corrected chi connectivity index (χ4v) is 1.87. The van der Waals surface area contributed by atoms with E-state index in [9.17, 15) is 0 Å². The summed E-state index contributed by atoms with van der Waals surface area (Å²) in [6.45, 7) is 4.82. The van der Waals surface area contributed by atoms with Gasteiger partial charge in [-0.15, -0.1) is 0 Å². The molecule has 2 rings (SSSR count). The predicted octanol–water partition coefficient (Wildman–Crippen LogP) is 3.15. The standard InChI is InChI=1S/C14H16ClN3/c1-2-18(10-12-6-4-3-5-7-12)11-13-8-17-14(15)9-16-13/h3-9H,2,10-11H2,1H3. The normalized spacial score (nSPS) is 10.8. The topological polar surface area (TPSA) is 29.0 Å². The Bertz CT molecular complexity index is 470. The Hall–Kier alpha value is -1.45. The van der Waals surface area contributed by atoms with Crippen LogP contribution in [0.3, 0.4) is 0 Å². The van der Waals surface area contributed by atoms with Crippen LogP contribution in [0.2, 0.25) is 5.15 Å². The van der Waals surface area contributed by atoms with Gasteiger partial charge < -0.3 is 0 Å². The Kier molecular flexibility index (Phi) is 4.67. The SMILES string of the molecule is CCN(Cc1ccccc1)Cc1cnc(Cl)cn1. The molecule has 2 aromatic rings. The average Bonchev–Trinajstić information content (AvgIpc) is 2.41. The molecule has 0 aliphatic rings. The summed E-state index contributed by atoms with van der Waals surface area (Å²) in [7, 11) is 0. The molecule has 0 spiro atoms. The highest BCUT2D eigenvalue weighted by Gasteiger charge is 2.06. The van der Waals surface area contributed by atoms with E-state index in [1.54, 1.807) is 12.4 Å².